The Balaban J connectivity index is 1.62. The number of hydrogen-bond acceptors (Lipinski definition) is 5. The van der Waals surface area contributed by atoms with Crippen molar-refractivity contribution in [3.05, 3.63) is 72.5 Å². The highest BCUT2D eigenvalue weighted by Gasteiger charge is 2.15. The van der Waals surface area contributed by atoms with Gasteiger partial charge in [0.15, 0.2) is 5.82 Å². The molecular weight excluding hydrogens is 355 g/mol. The quantitative estimate of drug-likeness (QED) is 0.592. The summed E-state index contributed by atoms with van der Waals surface area (Å²) < 4.78 is 20.0. The van der Waals surface area contributed by atoms with Gasteiger partial charge in [0.25, 0.3) is 0 Å². The molecule has 142 valence electrons. The lowest BCUT2D eigenvalue weighted by Gasteiger charge is -2.21. The molecule has 0 atom stereocenters. The van der Waals surface area contributed by atoms with Crippen LogP contribution in [0.5, 0.6) is 0 Å². The average Bonchev–Trinajstić information content (AvgIpc) is 2.74. The summed E-state index contributed by atoms with van der Waals surface area (Å²) in [5.74, 6) is 1.39. The Labute approximate surface area is 163 Å². The molecule has 1 aliphatic carbocycles. The first-order valence-electron chi connectivity index (χ1n) is 9.30. The second kappa shape index (κ2) is 8.17. The minimum atomic E-state index is -0.578. The summed E-state index contributed by atoms with van der Waals surface area (Å²) in [6.07, 6.45) is 9.71. The van der Waals surface area contributed by atoms with Gasteiger partial charge in [-0.2, -0.15) is 4.39 Å². The van der Waals surface area contributed by atoms with E-state index in [4.69, 9.17) is 4.74 Å². The number of fused-ring (bicyclic) bond motifs is 1. The third kappa shape index (κ3) is 3.86. The minimum Gasteiger partial charge on any atom is -0.492 e. The fourth-order valence-electron chi connectivity index (χ4n) is 3.13. The summed E-state index contributed by atoms with van der Waals surface area (Å²) in [6.45, 7) is 1.17. The van der Waals surface area contributed by atoms with E-state index < -0.39 is 5.95 Å². The second-order valence-electron chi connectivity index (χ2n) is 6.59. The number of benzene rings is 1. The van der Waals surface area contributed by atoms with E-state index >= 15 is 0 Å². The molecule has 6 heteroatoms. The fourth-order valence-corrected chi connectivity index (χ4v) is 3.13. The Bertz CT molecular complexity index is 1050. The molecule has 2 heterocycles. The first-order valence-corrected chi connectivity index (χ1v) is 9.30. The van der Waals surface area contributed by atoms with Crippen molar-refractivity contribution < 1.29 is 9.13 Å². The molecule has 1 aliphatic rings. The molecule has 3 aromatic rings. The van der Waals surface area contributed by atoms with E-state index in [0.717, 1.165) is 35.3 Å². The van der Waals surface area contributed by atoms with E-state index in [2.05, 4.69) is 27.1 Å². The van der Waals surface area contributed by atoms with Crippen LogP contribution in [0.15, 0.2) is 66.6 Å². The van der Waals surface area contributed by atoms with Gasteiger partial charge < -0.3 is 9.64 Å². The van der Waals surface area contributed by atoms with Gasteiger partial charge in [0, 0.05) is 18.6 Å². The number of anilines is 1. The number of likely N-dealkylation sites (N-methyl/N-ethyl adjacent to an activating group) is 1. The molecule has 2 aromatic heterocycles. The monoisotopic (exact) mass is 376 g/mol. The van der Waals surface area contributed by atoms with Crippen molar-refractivity contribution in [3.8, 4) is 11.4 Å². The SMILES string of the molecule is CN(CCOC1=CCCC=C1)c1nc(-c2cccnc2F)nc2ccccc12. The van der Waals surface area contributed by atoms with Crippen molar-refractivity contribution >= 4 is 16.7 Å². The molecule has 0 aliphatic heterocycles. The lowest BCUT2D eigenvalue weighted by Crippen LogP contribution is -2.24. The number of hydrogen-bond donors (Lipinski definition) is 0. The molecule has 28 heavy (non-hydrogen) atoms. The third-order valence-electron chi connectivity index (χ3n) is 4.60. The molecule has 4 rings (SSSR count). The summed E-state index contributed by atoms with van der Waals surface area (Å²) in [4.78, 5) is 14.9. The Morgan fingerprint density at radius 3 is 2.82 bits per heavy atom. The largest absolute Gasteiger partial charge is 0.492 e. The molecule has 0 spiro atoms. The van der Waals surface area contributed by atoms with Crippen LogP contribution in [0, 0.1) is 5.95 Å². The van der Waals surface area contributed by atoms with Crippen molar-refractivity contribution in [2.75, 3.05) is 25.1 Å². The number of rotatable bonds is 6. The van der Waals surface area contributed by atoms with Crippen LogP contribution in [0.3, 0.4) is 0 Å². The van der Waals surface area contributed by atoms with Crippen molar-refractivity contribution in [2.45, 2.75) is 12.8 Å². The molecule has 0 bridgehead atoms. The van der Waals surface area contributed by atoms with Crippen LogP contribution < -0.4 is 4.90 Å². The molecule has 0 radical (unpaired) electrons. The van der Waals surface area contributed by atoms with Crippen LogP contribution in [-0.4, -0.2) is 35.2 Å². The Kier molecular flexibility index (Phi) is 5.28. The first-order chi connectivity index (χ1) is 13.7. The third-order valence-corrected chi connectivity index (χ3v) is 4.60. The maximum atomic E-state index is 14.2. The van der Waals surface area contributed by atoms with Crippen LogP contribution in [-0.2, 0) is 4.74 Å². The van der Waals surface area contributed by atoms with E-state index in [1.807, 2.05) is 42.3 Å². The molecule has 0 amide bonds. The van der Waals surface area contributed by atoms with Crippen LogP contribution in [0.2, 0.25) is 0 Å². The predicted molar refractivity (Wildman–Crippen MR) is 108 cm³/mol. The molecule has 0 N–H and O–H groups in total. The van der Waals surface area contributed by atoms with Crippen molar-refractivity contribution in [1.29, 1.82) is 0 Å². The number of ether oxygens (including phenoxy) is 1. The minimum absolute atomic E-state index is 0.289. The lowest BCUT2D eigenvalue weighted by molar-refractivity contribution is 0.230. The standard InChI is InChI=1S/C22H21FN4O/c1-27(14-15-28-16-8-3-2-4-9-16)22-17-10-5-6-12-19(17)25-21(26-22)18-11-7-13-24-20(18)23/h3,5-13H,2,4,14-15H2,1H3. The number of allylic oxidation sites excluding steroid dienone is 3. The normalized spacial score (nSPS) is 13.4. The van der Waals surface area contributed by atoms with Gasteiger partial charge in [-0.25, -0.2) is 15.0 Å². The smallest absolute Gasteiger partial charge is 0.223 e. The summed E-state index contributed by atoms with van der Waals surface area (Å²) in [7, 11) is 1.95. The van der Waals surface area contributed by atoms with Crippen LogP contribution >= 0.6 is 0 Å². The Morgan fingerprint density at radius 2 is 2.00 bits per heavy atom. The van der Waals surface area contributed by atoms with E-state index in [9.17, 15) is 4.39 Å². The van der Waals surface area contributed by atoms with Crippen LogP contribution in [0.1, 0.15) is 12.8 Å². The van der Waals surface area contributed by atoms with Gasteiger partial charge in [0.2, 0.25) is 5.95 Å². The predicted octanol–water partition coefficient (Wildman–Crippen LogP) is 4.52. The summed E-state index contributed by atoms with van der Waals surface area (Å²) in [5.41, 5.74) is 1.05. The first kappa shape index (κ1) is 18.1. The molecule has 1 aromatic carbocycles. The van der Waals surface area contributed by atoms with Gasteiger partial charge in [-0.3, -0.25) is 0 Å². The maximum absolute atomic E-state index is 14.2. The summed E-state index contributed by atoms with van der Waals surface area (Å²) in [5, 5.41) is 0.912. The van der Waals surface area contributed by atoms with E-state index in [0.29, 0.717) is 19.0 Å². The summed E-state index contributed by atoms with van der Waals surface area (Å²) in [6, 6.07) is 11.0. The van der Waals surface area contributed by atoms with Crippen LogP contribution in [0.25, 0.3) is 22.3 Å². The van der Waals surface area contributed by atoms with Gasteiger partial charge in [-0.15, -0.1) is 0 Å². The van der Waals surface area contributed by atoms with Crippen molar-refractivity contribution in [3.63, 3.8) is 0 Å². The molecule has 0 saturated heterocycles. The van der Waals surface area contributed by atoms with E-state index in [-0.39, 0.29) is 5.56 Å². The zero-order chi connectivity index (χ0) is 19.3. The van der Waals surface area contributed by atoms with Crippen LogP contribution in [0.4, 0.5) is 10.2 Å². The van der Waals surface area contributed by atoms with Crippen molar-refractivity contribution in [1.82, 2.24) is 15.0 Å². The van der Waals surface area contributed by atoms with Gasteiger partial charge >= 0.3 is 0 Å². The zero-order valence-corrected chi connectivity index (χ0v) is 15.7. The number of aromatic nitrogens is 3. The van der Waals surface area contributed by atoms with Gasteiger partial charge in [0.1, 0.15) is 18.2 Å². The number of pyridine rings is 1. The van der Waals surface area contributed by atoms with Crippen molar-refractivity contribution in [2.24, 2.45) is 0 Å². The van der Waals surface area contributed by atoms with Gasteiger partial charge in [-0.1, -0.05) is 18.2 Å². The summed E-state index contributed by atoms with van der Waals surface area (Å²) >= 11 is 0. The van der Waals surface area contributed by atoms with E-state index in [1.165, 1.54) is 6.20 Å². The van der Waals surface area contributed by atoms with E-state index in [1.54, 1.807) is 12.1 Å². The molecule has 5 nitrogen and oxygen atoms in total. The highest BCUT2D eigenvalue weighted by molar-refractivity contribution is 5.90. The van der Waals surface area contributed by atoms with Gasteiger partial charge in [-0.05, 0) is 49.3 Å². The molecule has 0 saturated carbocycles. The maximum Gasteiger partial charge on any atom is 0.223 e. The average molecular weight is 376 g/mol. The lowest BCUT2D eigenvalue weighted by atomic mass is 10.2. The van der Waals surface area contributed by atoms with Gasteiger partial charge in [0.05, 0.1) is 17.6 Å². The second-order valence-corrected chi connectivity index (χ2v) is 6.59. The Hall–Kier alpha value is -3.28. The fraction of sp³-hybridized carbons (Fsp3) is 0.227. The molecule has 0 unspecified atom stereocenters. The Morgan fingerprint density at radius 1 is 1.11 bits per heavy atom. The molecular formula is C22H21FN4O. The topological polar surface area (TPSA) is 51.1 Å². The highest BCUT2D eigenvalue weighted by atomic mass is 19.1. The highest BCUT2D eigenvalue weighted by Crippen LogP contribution is 2.27. The molecule has 0 fully saturated rings. The zero-order valence-electron chi connectivity index (χ0n) is 15.7. The number of halogens is 1. The number of nitrogens with zero attached hydrogens (tertiary/aromatic N) is 4. The number of para-hydroxylation sites is 1.